The van der Waals surface area contributed by atoms with Crippen LogP contribution in [0.3, 0.4) is 0 Å². The second-order valence-corrected chi connectivity index (χ2v) is 17.2. The van der Waals surface area contributed by atoms with E-state index in [-0.39, 0.29) is 66.4 Å². The van der Waals surface area contributed by atoms with Crippen molar-refractivity contribution in [2.75, 3.05) is 23.9 Å². The highest BCUT2D eigenvalue weighted by Crippen LogP contribution is 2.47. The van der Waals surface area contributed by atoms with Crippen LogP contribution in [0.25, 0.3) is 11.0 Å². The zero-order chi connectivity index (χ0) is 36.0. The van der Waals surface area contributed by atoms with Crippen molar-refractivity contribution >= 4 is 26.7 Å². The first kappa shape index (κ1) is 36.8. The molecule has 2 aromatic heterocycles. The van der Waals surface area contributed by atoms with Crippen molar-refractivity contribution in [3.8, 4) is 0 Å². The lowest BCUT2D eigenvalue weighted by molar-refractivity contribution is -0.112. The summed E-state index contributed by atoms with van der Waals surface area (Å²) < 4.78 is 81.4. The van der Waals surface area contributed by atoms with Gasteiger partial charge in [0.25, 0.3) is 11.5 Å². The van der Waals surface area contributed by atoms with Crippen LogP contribution in [0, 0.1) is 11.7 Å². The molecule has 7 rings (SSSR count). The summed E-state index contributed by atoms with van der Waals surface area (Å²) in [7, 11) is -1.78. The molecule has 3 aromatic rings. The second kappa shape index (κ2) is 14.2. The first-order valence-electron chi connectivity index (χ1n) is 18.0. The molecule has 0 aliphatic carbocycles. The molecular weight excluding hydrogens is 667 g/mol. The number of hydrogen-bond donors (Lipinski definition) is 1. The maximum absolute atomic E-state index is 16.4. The van der Waals surface area contributed by atoms with E-state index in [0.29, 0.717) is 29.0 Å². The van der Waals surface area contributed by atoms with Crippen molar-refractivity contribution in [1.29, 1.82) is 0 Å². The van der Waals surface area contributed by atoms with Crippen LogP contribution in [0.5, 0.6) is 0 Å². The molecule has 0 amide bonds. The van der Waals surface area contributed by atoms with Crippen LogP contribution >= 0.6 is 0 Å². The number of fused-ring (bicyclic) bond motifs is 9. The summed E-state index contributed by atoms with van der Waals surface area (Å²) in [5.74, 6) is -5.23. The summed E-state index contributed by atoms with van der Waals surface area (Å²) in [4.78, 5) is 25.6. The fourth-order valence-corrected chi connectivity index (χ4v) is 10.4. The largest absolute Gasteiger partial charge is 0.373 e. The van der Waals surface area contributed by atoms with Crippen molar-refractivity contribution in [2.24, 2.45) is 5.92 Å². The van der Waals surface area contributed by atoms with Crippen LogP contribution in [-0.4, -0.2) is 64.6 Å². The molecule has 50 heavy (non-hydrogen) atoms. The van der Waals surface area contributed by atoms with Gasteiger partial charge in [-0.05, 0) is 72.3 Å². The maximum Gasteiger partial charge on any atom is 0.278 e. The molecular formula is C37H50F3N5O4S. The zero-order valence-electron chi connectivity index (χ0n) is 29.7. The van der Waals surface area contributed by atoms with Gasteiger partial charge >= 0.3 is 0 Å². The number of halogens is 3. The Morgan fingerprint density at radius 1 is 0.940 bits per heavy atom. The van der Waals surface area contributed by atoms with Gasteiger partial charge in [0.2, 0.25) is 0 Å². The van der Waals surface area contributed by atoms with E-state index in [4.69, 9.17) is 4.74 Å². The Kier molecular flexibility index (Phi) is 10.4. The Hall–Kier alpha value is -3.03. The van der Waals surface area contributed by atoms with E-state index in [9.17, 15) is 13.2 Å². The molecule has 0 spiro atoms. The van der Waals surface area contributed by atoms with Crippen LogP contribution in [-0.2, 0) is 32.6 Å². The van der Waals surface area contributed by atoms with Gasteiger partial charge in [0.1, 0.15) is 29.2 Å². The van der Waals surface area contributed by atoms with Gasteiger partial charge in [0.15, 0.2) is 9.84 Å². The van der Waals surface area contributed by atoms with Crippen molar-refractivity contribution in [3.05, 3.63) is 63.5 Å². The molecule has 4 atom stereocenters. The van der Waals surface area contributed by atoms with E-state index in [1.54, 1.807) is 17.6 Å². The summed E-state index contributed by atoms with van der Waals surface area (Å²) in [5, 5.41) is 3.72. The number of sulfone groups is 1. The summed E-state index contributed by atoms with van der Waals surface area (Å²) in [6.07, 6.45) is 6.55. The molecule has 13 heteroatoms. The number of nitrogens with one attached hydrogen (secondary N) is 1. The smallest absolute Gasteiger partial charge is 0.278 e. The van der Waals surface area contributed by atoms with Gasteiger partial charge in [0, 0.05) is 43.3 Å². The molecule has 8 bridgehead atoms. The first-order chi connectivity index (χ1) is 23.7. The van der Waals surface area contributed by atoms with Gasteiger partial charge in [-0.3, -0.25) is 14.3 Å². The number of nitrogens with zero attached hydrogens (tertiary/aromatic N) is 4. The predicted molar refractivity (Wildman–Crippen MR) is 189 cm³/mol. The van der Waals surface area contributed by atoms with E-state index in [1.165, 1.54) is 31.6 Å². The van der Waals surface area contributed by atoms with Crippen molar-refractivity contribution < 1.29 is 26.3 Å². The number of benzene rings is 1. The summed E-state index contributed by atoms with van der Waals surface area (Å²) in [5.41, 5.74) is -1.25. The molecule has 4 aliphatic rings. The molecule has 0 radical (unpaired) electrons. The quantitative estimate of drug-likeness (QED) is 0.300. The number of methoxy groups -OCH3 is 1. The van der Waals surface area contributed by atoms with Crippen molar-refractivity contribution in [1.82, 2.24) is 19.4 Å². The van der Waals surface area contributed by atoms with Gasteiger partial charge in [-0.25, -0.2) is 31.6 Å². The van der Waals surface area contributed by atoms with Crippen LogP contribution in [0.2, 0.25) is 0 Å². The standard InChI is InChI=1S/C37H50F3N5O4S/c1-23-11-8-6-7-9-16-44-34-29(21-31(35(44)46)36(49-5)14-17-50(47,48)18-15-36)33(41-22-42-34)43-26(4)28-12-10-13-30(32(28)38)37(39,40)27-19-24(2)45(23)25(3)20-27/h10,12-13,21-27H,6-9,11,14-20H2,1-5H3,(H,41,42,43)/t23?,24?,25?,26-,27?/m1/s1. The van der Waals surface area contributed by atoms with Gasteiger partial charge in [0.05, 0.1) is 34.1 Å². The van der Waals surface area contributed by atoms with Crippen LogP contribution in [0.1, 0.15) is 108 Å². The van der Waals surface area contributed by atoms with E-state index in [0.717, 1.165) is 32.1 Å². The number of piperidine rings is 1. The number of pyridine rings is 1. The van der Waals surface area contributed by atoms with E-state index in [2.05, 4.69) is 27.1 Å². The lowest BCUT2D eigenvalue weighted by Crippen LogP contribution is -2.53. The van der Waals surface area contributed by atoms with Gasteiger partial charge in [-0.2, -0.15) is 0 Å². The number of alkyl halides is 2. The summed E-state index contributed by atoms with van der Waals surface area (Å²) >= 11 is 0. The fourth-order valence-electron chi connectivity index (χ4n) is 8.90. The Labute approximate surface area is 292 Å². The Morgan fingerprint density at radius 3 is 2.30 bits per heavy atom. The molecule has 2 saturated heterocycles. The van der Waals surface area contributed by atoms with Crippen molar-refractivity contribution in [2.45, 2.75) is 128 Å². The van der Waals surface area contributed by atoms with Crippen LogP contribution < -0.4 is 10.9 Å². The normalized spacial score (nSPS) is 30.0. The first-order valence-corrected chi connectivity index (χ1v) is 19.9. The number of anilines is 1. The number of rotatable bonds is 2. The third kappa shape index (κ3) is 6.81. The third-order valence-corrected chi connectivity index (χ3v) is 13.3. The average molecular weight is 718 g/mol. The minimum atomic E-state index is -3.37. The van der Waals surface area contributed by atoms with Gasteiger partial charge in [-0.1, -0.05) is 37.5 Å². The minimum Gasteiger partial charge on any atom is -0.373 e. The summed E-state index contributed by atoms with van der Waals surface area (Å²) in [6, 6.07) is 5.13. The van der Waals surface area contributed by atoms with E-state index >= 15 is 13.2 Å². The molecule has 3 unspecified atom stereocenters. The topological polar surface area (TPSA) is 106 Å². The monoisotopic (exact) mass is 717 g/mol. The second-order valence-electron chi connectivity index (χ2n) is 14.9. The van der Waals surface area contributed by atoms with Crippen molar-refractivity contribution in [3.63, 3.8) is 0 Å². The number of hydrogen-bond acceptors (Lipinski definition) is 8. The lowest BCUT2D eigenvalue weighted by atomic mass is 9.79. The number of aromatic nitrogens is 3. The molecule has 4 aliphatic heterocycles. The Balaban J connectivity index is 1.46. The molecule has 1 N–H and O–H groups in total. The Bertz CT molecular complexity index is 1860. The molecule has 6 heterocycles. The summed E-state index contributed by atoms with van der Waals surface area (Å²) in [6.45, 7) is 8.25. The highest BCUT2D eigenvalue weighted by atomic mass is 32.2. The lowest BCUT2D eigenvalue weighted by Gasteiger charge is -2.47. The Morgan fingerprint density at radius 2 is 1.62 bits per heavy atom. The van der Waals surface area contributed by atoms with E-state index < -0.39 is 44.7 Å². The molecule has 1 aromatic carbocycles. The van der Waals surface area contributed by atoms with Gasteiger partial charge < -0.3 is 10.1 Å². The molecule has 274 valence electrons. The maximum atomic E-state index is 16.4. The molecule has 9 nitrogen and oxygen atoms in total. The number of ether oxygens (including phenoxy) is 1. The zero-order valence-corrected chi connectivity index (χ0v) is 30.5. The molecule has 2 fully saturated rings. The number of aryl methyl sites for hydroxylation is 1. The SMILES string of the molecule is COC1(c2cc3c4ncnc3n(c2=O)CCCCCCC(C)N2C(C)CC(CC2C)C(F)(F)c2cccc(c2F)[C@@H](C)N4)CCS(=O)(=O)CC1. The fraction of sp³-hybridized carbons (Fsp3) is 0.649. The van der Waals surface area contributed by atoms with Crippen LogP contribution in [0.15, 0.2) is 35.4 Å². The van der Waals surface area contributed by atoms with E-state index in [1.807, 2.05) is 13.8 Å². The third-order valence-electron chi connectivity index (χ3n) is 11.7. The predicted octanol–water partition coefficient (Wildman–Crippen LogP) is 7.09. The minimum absolute atomic E-state index is 0.0728. The highest BCUT2D eigenvalue weighted by Gasteiger charge is 2.49. The van der Waals surface area contributed by atoms with Gasteiger partial charge in [-0.15, -0.1) is 0 Å². The highest BCUT2D eigenvalue weighted by molar-refractivity contribution is 7.91. The molecule has 0 saturated carbocycles. The van der Waals surface area contributed by atoms with Crippen LogP contribution in [0.4, 0.5) is 19.0 Å². The average Bonchev–Trinajstić information content (AvgIpc) is 3.06.